The molecule has 17 heavy (non-hydrogen) atoms. The summed E-state index contributed by atoms with van der Waals surface area (Å²) in [6.07, 6.45) is 5.36. The number of hydrogen-bond acceptors (Lipinski definition) is 2. The highest BCUT2D eigenvalue weighted by molar-refractivity contribution is 5.32. The lowest BCUT2D eigenvalue weighted by molar-refractivity contribution is 0.176. The molecule has 2 nitrogen and oxygen atoms in total. The fourth-order valence-corrected chi connectivity index (χ4v) is 2.39. The Kier molecular flexibility index (Phi) is 2.78. The van der Waals surface area contributed by atoms with Crippen LogP contribution in [0, 0.1) is 0 Å². The van der Waals surface area contributed by atoms with Crippen molar-refractivity contribution in [2.75, 3.05) is 0 Å². The van der Waals surface area contributed by atoms with E-state index >= 15 is 0 Å². The smallest absolute Gasteiger partial charge is 0.213 e. The third-order valence-corrected chi connectivity index (χ3v) is 3.22. The van der Waals surface area contributed by atoms with Gasteiger partial charge >= 0.3 is 0 Å². The van der Waals surface area contributed by atoms with E-state index in [0.29, 0.717) is 5.88 Å². The average molecular weight is 225 g/mol. The van der Waals surface area contributed by atoms with Crippen molar-refractivity contribution in [3.05, 3.63) is 59.8 Å². The summed E-state index contributed by atoms with van der Waals surface area (Å²) in [5, 5.41) is 0. The summed E-state index contributed by atoms with van der Waals surface area (Å²) in [6, 6.07) is 14.3. The molecule has 2 heteroatoms. The molecule has 2 aromatic rings. The van der Waals surface area contributed by atoms with Crippen molar-refractivity contribution >= 4 is 0 Å². The van der Waals surface area contributed by atoms with E-state index in [4.69, 9.17) is 4.74 Å². The molecular formula is C15H15NO. The van der Waals surface area contributed by atoms with Crippen LogP contribution >= 0.6 is 0 Å². The molecule has 0 aliphatic heterocycles. The van der Waals surface area contributed by atoms with Gasteiger partial charge < -0.3 is 4.74 Å². The Morgan fingerprint density at radius 3 is 2.82 bits per heavy atom. The quantitative estimate of drug-likeness (QED) is 0.780. The largest absolute Gasteiger partial charge is 0.469 e. The van der Waals surface area contributed by atoms with Gasteiger partial charge in [-0.1, -0.05) is 30.3 Å². The number of benzene rings is 1. The van der Waals surface area contributed by atoms with E-state index in [9.17, 15) is 0 Å². The molecule has 0 amide bonds. The molecule has 0 fully saturated rings. The van der Waals surface area contributed by atoms with Crippen molar-refractivity contribution in [1.29, 1.82) is 0 Å². The fraction of sp³-hybridized carbons (Fsp3) is 0.267. The number of nitrogens with zero attached hydrogens (tertiary/aromatic N) is 1. The van der Waals surface area contributed by atoms with E-state index < -0.39 is 0 Å². The Bertz CT molecular complexity index is 495. The second-order valence-electron chi connectivity index (χ2n) is 4.37. The molecule has 3 rings (SSSR count). The summed E-state index contributed by atoms with van der Waals surface area (Å²) in [5.41, 5.74) is 2.74. The number of aromatic nitrogens is 1. The molecule has 0 saturated carbocycles. The van der Waals surface area contributed by atoms with Crippen LogP contribution < -0.4 is 4.74 Å². The van der Waals surface area contributed by atoms with Crippen molar-refractivity contribution in [2.45, 2.75) is 25.4 Å². The molecule has 1 unspecified atom stereocenters. The maximum absolute atomic E-state index is 5.97. The van der Waals surface area contributed by atoms with Gasteiger partial charge in [0.25, 0.3) is 0 Å². The topological polar surface area (TPSA) is 22.1 Å². The first-order chi connectivity index (χ1) is 8.43. The third-order valence-electron chi connectivity index (χ3n) is 3.22. The Morgan fingerprint density at radius 1 is 1.06 bits per heavy atom. The fourth-order valence-electron chi connectivity index (χ4n) is 2.39. The van der Waals surface area contributed by atoms with Gasteiger partial charge in [-0.2, -0.15) is 0 Å². The van der Waals surface area contributed by atoms with E-state index in [-0.39, 0.29) is 6.10 Å². The maximum atomic E-state index is 5.97. The lowest BCUT2D eigenvalue weighted by Crippen LogP contribution is -2.15. The molecule has 0 bridgehead atoms. The summed E-state index contributed by atoms with van der Waals surface area (Å²) in [5.74, 6) is 0.717. The van der Waals surface area contributed by atoms with E-state index in [1.165, 1.54) is 17.5 Å². The van der Waals surface area contributed by atoms with Gasteiger partial charge in [-0.15, -0.1) is 0 Å². The number of aryl methyl sites for hydroxylation is 1. The number of ether oxygens (including phenoxy) is 1. The maximum Gasteiger partial charge on any atom is 0.213 e. The highest BCUT2D eigenvalue weighted by atomic mass is 16.5. The van der Waals surface area contributed by atoms with Crippen molar-refractivity contribution < 1.29 is 4.74 Å². The van der Waals surface area contributed by atoms with E-state index in [1.54, 1.807) is 6.20 Å². The molecule has 1 aromatic heterocycles. The molecule has 1 aromatic carbocycles. The number of fused-ring (bicyclic) bond motifs is 1. The predicted octanol–water partition coefficient (Wildman–Crippen LogP) is 3.54. The molecule has 1 heterocycles. The molecule has 0 spiro atoms. The van der Waals surface area contributed by atoms with Crippen LogP contribution in [0.3, 0.4) is 0 Å². The Morgan fingerprint density at radius 2 is 1.94 bits per heavy atom. The SMILES string of the molecule is c1ccc(OC2CCCc3ccccc32)nc1. The average Bonchev–Trinajstić information content (AvgIpc) is 2.40. The summed E-state index contributed by atoms with van der Waals surface area (Å²) < 4.78 is 5.97. The van der Waals surface area contributed by atoms with Gasteiger partial charge in [0.15, 0.2) is 0 Å². The van der Waals surface area contributed by atoms with Crippen LogP contribution in [-0.2, 0) is 6.42 Å². The highest BCUT2D eigenvalue weighted by Gasteiger charge is 2.21. The highest BCUT2D eigenvalue weighted by Crippen LogP contribution is 2.32. The van der Waals surface area contributed by atoms with Gasteiger partial charge in [-0.05, 0) is 36.5 Å². The summed E-state index contributed by atoms with van der Waals surface area (Å²) in [4.78, 5) is 4.22. The molecule has 0 saturated heterocycles. The van der Waals surface area contributed by atoms with Crippen LogP contribution in [0.5, 0.6) is 5.88 Å². The van der Waals surface area contributed by atoms with Crippen LogP contribution in [0.4, 0.5) is 0 Å². The normalized spacial score (nSPS) is 18.5. The number of rotatable bonds is 2. The Balaban J connectivity index is 1.86. The zero-order valence-corrected chi connectivity index (χ0v) is 9.67. The monoisotopic (exact) mass is 225 g/mol. The summed E-state index contributed by atoms with van der Waals surface area (Å²) >= 11 is 0. The van der Waals surface area contributed by atoms with E-state index in [2.05, 4.69) is 29.2 Å². The zero-order chi connectivity index (χ0) is 11.5. The second-order valence-corrected chi connectivity index (χ2v) is 4.37. The van der Waals surface area contributed by atoms with Gasteiger partial charge in [0, 0.05) is 12.3 Å². The van der Waals surface area contributed by atoms with Crippen molar-refractivity contribution in [1.82, 2.24) is 4.98 Å². The molecule has 86 valence electrons. The minimum Gasteiger partial charge on any atom is -0.469 e. The Hall–Kier alpha value is -1.83. The first kappa shape index (κ1) is 10.3. The first-order valence-corrected chi connectivity index (χ1v) is 6.09. The Labute approximate surface area is 101 Å². The molecule has 1 atom stereocenters. The van der Waals surface area contributed by atoms with Crippen LogP contribution in [0.25, 0.3) is 0 Å². The number of pyridine rings is 1. The van der Waals surface area contributed by atoms with E-state index in [0.717, 1.165) is 12.8 Å². The van der Waals surface area contributed by atoms with Crippen molar-refractivity contribution in [3.63, 3.8) is 0 Å². The van der Waals surface area contributed by atoms with E-state index in [1.807, 2.05) is 18.2 Å². The van der Waals surface area contributed by atoms with Gasteiger partial charge in [-0.25, -0.2) is 4.98 Å². The second kappa shape index (κ2) is 4.58. The van der Waals surface area contributed by atoms with Gasteiger partial charge in [0.05, 0.1) is 0 Å². The third kappa shape index (κ3) is 2.16. The number of hydrogen-bond donors (Lipinski definition) is 0. The molecule has 1 aliphatic carbocycles. The van der Waals surface area contributed by atoms with Crippen LogP contribution in [-0.4, -0.2) is 4.98 Å². The van der Waals surface area contributed by atoms with Gasteiger partial charge in [0.1, 0.15) is 6.10 Å². The van der Waals surface area contributed by atoms with Crippen molar-refractivity contribution in [3.8, 4) is 5.88 Å². The molecule has 1 aliphatic rings. The van der Waals surface area contributed by atoms with Crippen LogP contribution in [0.15, 0.2) is 48.7 Å². The van der Waals surface area contributed by atoms with Gasteiger partial charge in [0.2, 0.25) is 5.88 Å². The summed E-state index contributed by atoms with van der Waals surface area (Å²) in [6.45, 7) is 0. The van der Waals surface area contributed by atoms with Crippen molar-refractivity contribution in [2.24, 2.45) is 0 Å². The lowest BCUT2D eigenvalue weighted by Gasteiger charge is -2.25. The van der Waals surface area contributed by atoms with Crippen LogP contribution in [0.1, 0.15) is 30.1 Å². The van der Waals surface area contributed by atoms with Crippen LogP contribution in [0.2, 0.25) is 0 Å². The van der Waals surface area contributed by atoms with Gasteiger partial charge in [-0.3, -0.25) is 0 Å². The predicted molar refractivity (Wildman–Crippen MR) is 67.0 cm³/mol. The minimum atomic E-state index is 0.162. The summed E-state index contributed by atoms with van der Waals surface area (Å²) in [7, 11) is 0. The zero-order valence-electron chi connectivity index (χ0n) is 9.67. The molecular weight excluding hydrogens is 210 g/mol. The molecule has 0 radical (unpaired) electrons. The minimum absolute atomic E-state index is 0.162. The lowest BCUT2D eigenvalue weighted by atomic mass is 9.89. The molecule has 0 N–H and O–H groups in total. The first-order valence-electron chi connectivity index (χ1n) is 6.09. The standard InChI is InChI=1S/C15H15NO/c1-2-8-13-12(6-1)7-5-9-14(13)17-15-10-3-4-11-16-15/h1-4,6,8,10-11,14H,5,7,9H2.